The number of unbranched alkanes of at least 4 members (excludes halogenated alkanes) is 2. The van der Waals surface area contributed by atoms with E-state index in [1.54, 1.807) is 26.8 Å². The van der Waals surface area contributed by atoms with Crippen molar-refractivity contribution < 1.29 is 43.5 Å². The number of hydrogen-bond donors (Lipinski definition) is 2. The number of rotatable bonds is 16. The Bertz CT molecular complexity index is 1060. The second-order valence-corrected chi connectivity index (χ2v) is 10.8. The molecule has 0 aliphatic carbocycles. The Kier molecular flexibility index (Phi) is 13.6. The first-order valence-electron chi connectivity index (χ1n) is 13.9. The molecule has 1 aliphatic heterocycles. The van der Waals surface area contributed by atoms with Crippen LogP contribution in [0.4, 0.5) is 0 Å². The summed E-state index contributed by atoms with van der Waals surface area (Å²) in [6.07, 6.45) is 4.71. The molecule has 0 saturated carbocycles. The van der Waals surface area contributed by atoms with Gasteiger partial charge in [0.15, 0.2) is 6.10 Å². The maximum absolute atomic E-state index is 12.9. The summed E-state index contributed by atoms with van der Waals surface area (Å²) in [5, 5.41) is 23.1. The number of aliphatic hydroxyl groups excluding tert-OH is 1. The molecule has 0 unspecified atom stereocenters. The molecule has 0 spiro atoms. The number of methoxy groups -OCH3 is 1. The highest BCUT2D eigenvalue weighted by atomic mass is 16.7. The van der Waals surface area contributed by atoms with Gasteiger partial charge in [-0.05, 0) is 49.8 Å². The molecule has 2 rings (SSSR count). The van der Waals surface area contributed by atoms with E-state index in [0.717, 1.165) is 18.4 Å². The molecule has 0 radical (unpaired) electrons. The molecule has 9 heteroatoms. The van der Waals surface area contributed by atoms with Crippen molar-refractivity contribution in [3.63, 3.8) is 0 Å². The molecule has 1 aliphatic rings. The summed E-state index contributed by atoms with van der Waals surface area (Å²) in [6.45, 7) is 8.96. The van der Waals surface area contributed by atoms with Crippen LogP contribution in [0.2, 0.25) is 0 Å². The second kappa shape index (κ2) is 16.4. The molecule has 1 saturated heterocycles. The van der Waals surface area contributed by atoms with Gasteiger partial charge in [-0.25, -0.2) is 4.79 Å². The molecule has 1 fully saturated rings. The fourth-order valence-electron chi connectivity index (χ4n) is 4.62. The molecule has 41 heavy (non-hydrogen) atoms. The summed E-state index contributed by atoms with van der Waals surface area (Å²) in [6, 6.07) is 9.54. The lowest BCUT2D eigenvalue weighted by Crippen LogP contribution is -2.62. The number of aliphatic hydroxyl groups is 2. The molecule has 0 aromatic heterocycles. The van der Waals surface area contributed by atoms with Crippen LogP contribution >= 0.6 is 0 Å². The van der Waals surface area contributed by atoms with Crippen molar-refractivity contribution >= 4 is 18.2 Å². The molecular weight excluding hydrogens is 528 g/mol. The zero-order valence-electron chi connectivity index (χ0n) is 24.5. The van der Waals surface area contributed by atoms with Gasteiger partial charge < -0.3 is 29.2 Å². The zero-order valence-corrected chi connectivity index (χ0v) is 24.5. The first-order valence-corrected chi connectivity index (χ1v) is 13.9. The van der Waals surface area contributed by atoms with E-state index in [1.165, 1.54) is 25.3 Å². The topological polar surface area (TPSA) is 129 Å². The van der Waals surface area contributed by atoms with E-state index in [9.17, 15) is 24.6 Å². The lowest BCUT2D eigenvalue weighted by atomic mass is 9.74. The molecular formula is C32H44O9. The molecule has 9 nitrogen and oxygen atoms in total. The monoisotopic (exact) mass is 572 g/mol. The molecule has 0 amide bonds. The van der Waals surface area contributed by atoms with Gasteiger partial charge in [0.2, 0.25) is 5.79 Å². The van der Waals surface area contributed by atoms with Crippen LogP contribution in [-0.2, 0) is 39.9 Å². The number of carbonyl (C=O) groups is 3. The summed E-state index contributed by atoms with van der Waals surface area (Å²) < 4.78 is 22.7. The van der Waals surface area contributed by atoms with Gasteiger partial charge in [0.05, 0.1) is 32.0 Å². The minimum Gasteiger partial charge on any atom is -0.466 e. The Morgan fingerprint density at radius 2 is 1.95 bits per heavy atom. The van der Waals surface area contributed by atoms with Crippen LogP contribution in [0.25, 0.3) is 0 Å². The lowest BCUT2D eigenvalue weighted by molar-refractivity contribution is -0.327. The average molecular weight is 573 g/mol. The van der Waals surface area contributed by atoms with E-state index < -0.39 is 47.6 Å². The highest BCUT2D eigenvalue weighted by Crippen LogP contribution is 2.46. The first-order chi connectivity index (χ1) is 19.5. The van der Waals surface area contributed by atoms with Gasteiger partial charge in [-0.2, -0.15) is 0 Å². The highest BCUT2D eigenvalue weighted by Gasteiger charge is 2.57. The van der Waals surface area contributed by atoms with E-state index in [0.29, 0.717) is 19.3 Å². The fraction of sp³-hybridized carbons (Fsp3) is 0.531. The van der Waals surface area contributed by atoms with Gasteiger partial charge in [0.1, 0.15) is 6.29 Å². The Hall–Kier alpha value is -3.11. The molecule has 5 atom stereocenters. The number of aldehydes is 1. The minimum atomic E-state index is -2.19. The molecule has 1 aromatic carbocycles. The van der Waals surface area contributed by atoms with Crippen molar-refractivity contribution in [3.05, 3.63) is 72.4 Å². The van der Waals surface area contributed by atoms with E-state index in [-0.39, 0.29) is 24.8 Å². The Labute approximate surface area is 242 Å². The zero-order chi connectivity index (χ0) is 30.5. The average Bonchev–Trinajstić information content (AvgIpc) is 2.95. The Balaban J connectivity index is 2.34. The van der Waals surface area contributed by atoms with Gasteiger partial charge >= 0.3 is 11.9 Å². The number of allylic oxidation sites excluding steroid dienone is 2. The molecule has 1 heterocycles. The SMILES string of the molecule is C=CCCCCC(=O)O[C@H]1C(=CC(=O)OC)C[C@@H](C[C@@H](O)[C@@H](C)OCc2ccccc2)O[C@@]1(O)C(C)(C)C=CC=O. The van der Waals surface area contributed by atoms with Crippen LogP contribution in [0.5, 0.6) is 0 Å². The standard InChI is InChI=1S/C32H44O9/c1-6-7-8-12-16-28(35)40-30-25(20-29(36)38-5)19-26(41-32(30,37)31(3,4)17-13-18-33)21-27(34)23(2)39-22-24-14-10-9-11-15-24/h6,9-11,13-15,17-18,20,23,26-27,30,34,37H,1,7-8,12,16,19,21-22H2,2-5H3/t23-,26+,27-,30+,32-/m1/s1. The third-order valence-electron chi connectivity index (χ3n) is 7.21. The lowest BCUT2D eigenvalue weighted by Gasteiger charge is -2.50. The number of hydrogen-bond acceptors (Lipinski definition) is 9. The van der Waals surface area contributed by atoms with E-state index in [2.05, 4.69) is 6.58 Å². The Morgan fingerprint density at radius 1 is 1.24 bits per heavy atom. The van der Waals surface area contributed by atoms with Crippen molar-refractivity contribution in [3.8, 4) is 0 Å². The maximum Gasteiger partial charge on any atom is 0.330 e. The van der Waals surface area contributed by atoms with Crippen molar-refractivity contribution in [1.29, 1.82) is 0 Å². The summed E-state index contributed by atoms with van der Waals surface area (Å²) in [7, 11) is 1.22. The predicted molar refractivity (Wildman–Crippen MR) is 153 cm³/mol. The van der Waals surface area contributed by atoms with Gasteiger partial charge in [0, 0.05) is 24.3 Å². The maximum atomic E-state index is 12.9. The molecule has 2 N–H and O–H groups in total. The minimum absolute atomic E-state index is 0.0481. The summed E-state index contributed by atoms with van der Waals surface area (Å²) in [5.74, 6) is -3.47. The van der Waals surface area contributed by atoms with Gasteiger partial charge in [0.25, 0.3) is 0 Å². The number of benzene rings is 1. The fourth-order valence-corrected chi connectivity index (χ4v) is 4.62. The number of carbonyl (C=O) groups excluding carboxylic acids is 3. The summed E-state index contributed by atoms with van der Waals surface area (Å²) in [5.41, 5.74) is -0.0423. The van der Waals surface area contributed by atoms with Crippen LogP contribution < -0.4 is 0 Å². The van der Waals surface area contributed by atoms with Gasteiger partial charge in [-0.1, -0.05) is 56.3 Å². The van der Waals surface area contributed by atoms with Crippen molar-refractivity contribution in [2.75, 3.05) is 7.11 Å². The predicted octanol–water partition coefficient (Wildman–Crippen LogP) is 4.36. The van der Waals surface area contributed by atoms with Crippen LogP contribution in [0.15, 0.2) is 66.8 Å². The summed E-state index contributed by atoms with van der Waals surface area (Å²) >= 11 is 0. The first kappa shape index (κ1) is 34.1. The summed E-state index contributed by atoms with van der Waals surface area (Å²) in [4.78, 5) is 36.3. The largest absolute Gasteiger partial charge is 0.466 e. The smallest absolute Gasteiger partial charge is 0.330 e. The van der Waals surface area contributed by atoms with Crippen LogP contribution in [-0.4, -0.2) is 65.8 Å². The van der Waals surface area contributed by atoms with E-state index in [1.807, 2.05) is 30.3 Å². The molecule has 1 aromatic rings. The number of esters is 2. The highest BCUT2D eigenvalue weighted by molar-refractivity contribution is 5.83. The van der Waals surface area contributed by atoms with Crippen molar-refractivity contribution in [1.82, 2.24) is 0 Å². The van der Waals surface area contributed by atoms with E-state index in [4.69, 9.17) is 18.9 Å². The Morgan fingerprint density at radius 3 is 2.59 bits per heavy atom. The number of ether oxygens (including phenoxy) is 4. The van der Waals surface area contributed by atoms with Crippen molar-refractivity contribution in [2.45, 2.75) is 96.1 Å². The third-order valence-corrected chi connectivity index (χ3v) is 7.21. The normalized spacial score (nSPS) is 23.6. The quantitative estimate of drug-likeness (QED) is 0.0976. The molecule has 226 valence electrons. The van der Waals surface area contributed by atoms with Gasteiger partial charge in [-0.3, -0.25) is 9.59 Å². The van der Waals surface area contributed by atoms with Crippen LogP contribution in [0.1, 0.15) is 64.9 Å². The van der Waals surface area contributed by atoms with Gasteiger partial charge in [-0.15, -0.1) is 6.58 Å². The molecule has 0 bridgehead atoms. The third kappa shape index (κ3) is 10.0. The van der Waals surface area contributed by atoms with E-state index >= 15 is 0 Å². The van der Waals surface area contributed by atoms with Crippen molar-refractivity contribution in [2.24, 2.45) is 5.41 Å². The van der Waals surface area contributed by atoms with Crippen LogP contribution in [0.3, 0.4) is 0 Å². The second-order valence-electron chi connectivity index (χ2n) is 10.8. The van der Waals surface area contributed by atoms with Crippen LogP contribution in [0, 0.1) is 5.41 Å².